The van der Waals surface area contributed by atoms with E-state index in [0.717, 1.165) is 51.5 Å². The minimum atomic E-state index is 0. The summed E-state index contributed by atoms with van der Waals surface area (Å²) >= 11 is 0. The summed E-state index contributed by atoms with van der Waals surface area (Å²) in [7, 11) is 0. The minimum Gasteiger partial charge on any atom is -0.378 e. The molecule has 0 unspecified atom stereocenters. The molecular weight excluding hydrogens is 495 g/mol. The summed E-state index contributed by atoms with van der Waals surface area (Å²) in [5.41, 5.74) is 0. The molecule has 1 saturated carbocycles. The Balaban J connectivity index is 0.00000320. The van der Waals surface area contributed by atoms with E-state index in [0.29, 0.717) is 38.4 Å². The summed E-state index contributed by atoms with van der Waals surface area (Å²) in [5.74, 6) is 1.42. The zero-order chi connectivity index (χ0) is 20.3. The van der Waals surface area contributed by atoms with Crippen molar-refractivity contribution in [1.82, 2.24) is 15.1 Å². The first kappa shape index (κ1) is 25.6. The van der Waals surface area contributed by atoms with Gasteiger partial charge in [-0.15, -0.1) is 24.0 Å². The first-order valence-electron chi connectivity index (χ1n) is 11.8. The topological polar surface area (TPSA) is 66.4 Å². The third-order valence-corrected chi connectivity index (χ3v) is 6.31. The lowest BCUT2D eigenvalue weighted by Crippen LogP contribution is -2.50. The fourth-order valence-electron chi connectivity index (χ4n) is 4.59. The quantitative estimate of drug-likeness (QED) is 0.186. The predicted octanol–water partition coefficient (Wildman–Crippen LogP) is 2.88. The van der Waals surface area contributed by atoms with Gasteiger partial charge in [0.15, 0.2) is 5.96 Å². The maximum absolute atomic E-state index is 12.7. The lowest BCUT2D eigenvalue weighted by molar-refractivity contribution is -0.140. The van der Waals surface area contributed by atoms with Gasteiger partial charge in [-0.2, -0.15) is 0 Å². The van der Waals surface area contributed by atoms with E-state index >= 15 is 0 Å². The van der Waals surface area contributed by atoms with Crippen LogP contribution in [0.3, 0.4) is 0 Å². The van der Waals surface area contributed by atoms with E-state index in [1.807, 2.05) is 4.90 Å². The number of nitrogens with zero attached hydrogens (tertiary/aromatic N) is 3. The number of guanidine groups is 1. The Hall–Kier alpha value is -0.610. The first-order chi connectivity index (χ1) is 14.3. The molecule has 8 heteroatoms. The number of aliphatic imine (C=N–C) groups is 1. The molecule has 0 aromatic heterocycles. The monoisotopic (exact) mass is 536 g/mol. The molecule has 3 rings (SSSR count). The largest absolute Gasteiger partial charge is 0.378 e. The van der Waals surface area contributed by atoms with Crippen LogP contribution in [0.4, 0.5) is 0 Å². The molecule has 30 heavy (non-hydrogen) atoms. The molecule has 0 atom stereocenters. The summed E-state index contributed by atoms with van der Waals surface area (Å²) < 4.78 is 11.4. The molecular formula is C22H41IN4O3. The second-order valence-electron chi connectivity index (χ2n) is 8.42. The SMILES string of the molecule is CCNC(=NCCOC1CCCCCC1)N1CCC(C(=O)N2CCOCC2)CC1.I. The zero-order valence-corrected chi connectivity index (χ0v) is 21.0. The molecule has 2 aliphatic heterocycles. The number of hydrogen-bond acceptors (Lipinski definition) is 4. The van der Waals surface area contributed by atoms with Crippen molar-refractivity contribution in [3.8, 4) is 0 Å². The minimum absolute atomic E-state index is 0. The molecule has 7 nitrogen and oxygen atoms in total. The highest BCUT2D eigenvalue weighted by Gasteiger charge is 2.30. The second-order valence-corrected chi connectivity index (χ2v) is 8.42. The number of halogens is 1. The smallest absolute Gasteiger partial charge is 0.225 e. The van der Waals surface area contributed by atoms with Crippen LogP contribution in [0.15, 0.2) is 4.99 Å². The van der Waals surface area contributed by atoms with Crippen molar-refractivity contribution in [2.45, 2.75) is 64.4 Å². The van der Waals surface area contributed by atoms with E-state index < -0.39 is 0 Å². The van der Waals surface area contributed by atoms with Gasteiger partial charge in [0.2, 0.25) is 5.91 Å². The van der Waals surface area contributed by atoms with Gasteiger partial charge in [-0.25, -0.2) is 0 Å². The molecule has 2 heterocycles. The van der Waals surface area contributed by atoms with Crippen LogP contribution in [0, 0.1) is 5.92 Å². The van der Waals surface area contributed by atoms with E-state index in [-0.39, 0.29) is 29.9 Å². The number of piperidine rings is 1. The Morgan fingerprint density at radius 3 is 2.30 bits per heavy atom. The summed E-state index contributed by atoms with van der Waals surface area (Å²) in [5, 5.41) is 3.42. The van der Waals surface area contributed by atoms with Gasteiger partial charge >= 0.3 is 0 Å². The second kappa shape index (κ2) is 14.5. The molecule has 0 aromatic carbocycles. The highest BCUT2D eigenvalue weighted by Crippen LogP contribution is 2.21. The molecule has 2 saturated heterocycles. The van der Waals surface area contributed by atoms with Crippen molar-refractivity contribution in [2.75, 3.05) is 59.1 Å². The average Bonchev–Trinajstić information content (AvgIpc) is 3.05. The van der Waals surface area contributed by atoms with Gasteiger partial charge in [-0.05, 0) is 32.6 Å². The summed E-state index contributed by atoms with van der Waals surface area (Å²) in [6.45, 7) is 8.95. The number of rotatable bonds is 6. The van der Waals surface area contributed by atoms with E-state index in [1.54, 1.807) is 0 Å². The number of nitrogens with one attached hydrogen (secondary N) is 1. The summed E-state index contributed by atoms with van der Waals surface area (Å²) in [6.07, 6.45) is 9.95. The van der Waals surface area contributed by atoms with Crippen LogP contribution >= 0.6 is 24.0 Å². The number of carbonyl (C=O) groups is 1. The third kappa shape index (κ3) is 8.15. The van der Waals surface area contributed by atoms with Gasteiger partial charge in [0.1, 0.15) is 0 Å². The fourth-order valence-corrected chi connectivity index (χ4v) is 4.59. The summed E-state index contributed by atoms with van der Waals surface area (Å²) in [4.78, 5) is 21.8. The van der Waals surface area contributed by atoms with Crippen LogP contribution < -0.4 is 5.32 Å². The van der Waals surface area contributed by atoms with Crippen LogP contribution in [0.25, 0.3) is 0 Å². The van der Waals surface area contributed by atoms with Gasteiger partial charge in [0.25, 0.3) is 0 Å². The average molecular weight is 536 g/mol. The molecule has 1 aliphatic carbocycles. The Bertz CT molecular complexity index is 513. The van der Waals surface area contributed by atoms with Crippen LogP contribution in [-0.2, 0) is 14.3 Å². The van der Waals surface area contributed by atoms with Crippen LogP contribution in [0.1, 0.15) is 58.3 Å². The third-order valence-electron chi connectivity index (χ3n) is 6.31. The fraction of sp³-hybridized carbons (Fsp3) is 0.909. The van der Waals surface area contributed by atoms with Crippen molar-refractivity contribution in [3.63, 3.8) is 0 Å². The normalized spacial score (nSPS) is 22.4. The van der Waals surface area contributed by atoms with E-state index in [1.165, 1.54) is 38.5 Å². The van der Waals surface area contributed by atoms with Gasteiger partial charge in [-0.3, -0.25) is 9.79 Å². The number of ether oxygens (including phenoxy) is 2. The van der Waals surface area contributed by atoms with Crippen molar-refractivity contribution in [3.05, 3.63) is 0 Å². The molecule has 1 amide bonds. The molecule has 0 spiro atoms. The Labute approximate surface area is 199 Å². The Morgan fingerprint density at radius 2 is 1.67 bits per heavy atom. The number of amides is 1. The van der Waals surface area contributed by atoms with Crippen molar-refractivity contribution < 1.29 is 14.3 Å². The lowest BCUT2D eigenvalue weighted by atomic mass is 9.95. The van der Waals surface area contributed by atoms with E-state index in [9.17, 15) is 4.79 Å². The maximum atomic E-state index is 12.7. The van der Waals surface area contributed by atoms with Crippen LogP contribution in [0.5, 0.6) is 0 Å². The highest BCUT2D eigenvalue weighted by atomic mass is 127. The predicted molar refractivity (Wildman–Crippen MR) is 131 cm³/mol. The summed E-state index contributed by atoms with van der Waals surface area (Å²) in [6, 6.07) is 0. The Kier molecular flexibility index (Phi) is 12.4. The number of carbonyl (C=O) groups excluding carboxylic acids is 1. The highest BCUT2D eigenvalue weighted by molar-refractivity contribution is 14.0. The van der Waals surface area contributed by atoms with Crippen molar-refractivity contribution in [1.29, 1.82) is 0 Å². The first-order valence-corrected chi connectivity index (χ1v) is 11.8. The molecule has 0 bridgehead atoms. The van der Waals surface area contributed by atoms with Gasteiger partial charge in [0, 0.05) is 38.6 Å². The van der Waals surface area contributed by atoms with Crippen molar-refractivity contribution >= 4 is 35.8 Å². The van der Waals surface area contributed by atoms with Gasteiger partial charge in [0.05, 0.1) is 32.5 Å². The lowest BCUT2D eigenvalue weighted by Gasteiger charge is -2.36. The van der Waals surface area contributed by atoms with Gasteiger partial charge < -0.3 is 24.6 Å². The number of hydrogen-bond donors (Lipinski definition) is 1. The molecule has 174 valence electrons. The van der Waals surface area contributed by atoms with Crippen LogP contribution in [-0.4, -0.2) is 86.9 Å². The Morgan fingerprint density at radius 1 is 1.00 bits per heavy atom. The standard InChI is InChI=1S/C22H40N4O3.HI/c1-2-23-22(24-11-16-29-20-7-5-3-4-6-8-20)26-12-9-19(10-13-26)21(27)25-14-17-28-18-15-25;/h19-20H,2-18H2,1H3,(H,23,24);1H. The molecule has 0 aromatic rings. The van der Waals surface area contributed by atoms with Crippen molar-refractivity contribution in [2.24, 2.45) is 10.9 Å². The van der Waals surface area contributed by atoms with E-state index in [4.69, 9.17) is 14.5 Å². The molecule has 0 radical (unpaired) electrons. The molecule has 3 aliphatic rings. The molecule has 1 N–H and O–H groups in total. The van der Waals surface area contributed by atoms with Gasteiger partial charge in [-0.1, -0.05) is 25.7 Å². The zero-order valence-electron chi connectivity index (χ0n) is 18.7. The maximum Gasteiger partial charge on any atom is 0.225 e. The van der Waals surface area contributed by atoms with E-state index in [2.05, 4.69) is 17.1 Å². The van der Waals surface area contributed by atoms with Crippen LogP contribution in [0.2, 0.25) is 0 Å². The number of likely N-dealkylation sites (tertiary alicyclic amines) is 1. The number of morpholine rings is 1. The molecule has 3 fully saturated rings.